The third kappa shape index (κ3) is 5.09. The predicted molar refractivity (Wildman–Crippen MR) is 81.7 cm³/mol. The molecule has 0 atom stereocenters. The van der Waals surface area contributed by atoms with E-state index in [4.69, 9.17) is 4.74 Å². The molecule has 0 aliphatic carbocycles. The van der Waals surface area contributed by atoms with Crippen LogP contribution < -0.4 is 10.6 Å². The van der Waals surface area contributed by atoms with E-state index in [-0.39, 0.29) is 22.4 Å². The maximum atomic E-state index is 13.0. The zero-order chi connectivity index (χ0) is 17.7. The molecule has 0 fully saturated rings. The van der Waals surface area contributed by atoms with Gasteiger partial charge in [0.05, 0.1) is 0 Å². The molecule has 1 heterocycles. The van der Waals surface area contributed by atoms with Crippen molar-refractivity contribution in [1.82, 2.24) is 4.98 Å². The van der Waals surface area contributed by atoms with Crippen molar-refractivity contribution in [3.63, 3.8) is 0 Å². The fourth-order valence-electron chi connectivity index (χ4n) is 1.60. The lowest BCUT2D eigenvalue weighted by Crippen LogP contribution is -2.21. The summed E-state index contributed by atoms with van der Waals surface area (Å²) in [5.74, 6) is -3.69. The maximum absolute atomic E-state index is 13.0. The molecule has 1 aromatic carbocycles. The van der Waals surface area contributed by atoms with Gasteiger partial charge >= 0.3 is 5.97 Å². The molecule has 0 aliphatic rings. The number of thiazole rings is 1. The number of halogens is 2. The number of ether oxygens (including phenoxy) is 1. The molecule has 2 N–H and O–H groups in total. The second-order valence-electron chi connectivity index (χ2n) is 4.50. The molecule has 0 spiro atoms. The summed E-state index contributed by atoms with van der Waals surface area (Å²) < 4.78 is 30.7. The number of nitrogens with one attached hydrogen (secondary N) is 2. The minimum absolute atomic E-state index is 0.0756. The highest BCUT2D eigenvalue weighted by atomic mass is 32.1. The molecule has 1 aromatic heterocycles. The minimum atomic E-state index is -0.872. The fourth-order valence-corrected chi connectivity index (χ4v) is 2.33. The van der Waals surface area contributed by atoms with Crippen LogP contribution in [-0.2, 0) is 14.3 Å². The van der Waals surface area contributed by atoms with Gasteiger partial charge in [-0.2, -0.15) is 0 Å². The third-order valence-electron chi connectivity index (χ3n) is 2.48. The van der Waals surface area contributed by atoms with Crippen LogP contribution in [0, 0.1) is 11.6 Å². The van der Waals surface area contributed by atoms with Crippen molar-refractivity contribution >= 4 is 39.9 Å². The average molecular weight is 355 g/mol. The molecule has 2 amide bonds. The van der Waals surface area contributed by atoms with Crippen LogP contribution in [0.5, 0.6) is 0 Å². The number of anilines is 2. The van der Waals surface area contributed by atoms with Crippen LogP contribution >= 0.6 is 11.3 Å². The number of carbonyl (C=O) groups excluding carboxylic acids is 3. The van der Waals surface area contributed by atoms with E-state index in [1.54, 1.807) is 0 Å². The molecule has 0 unspecified atom stereocenters. The largest absolute Gasteiger partial charge is 0.451 e. The van der Waals surface area contributed by atoms with Crippen molar-refractivity contribution in [3.05, 3.63) is 40.9 Å². The van der Waals surface area contributed by atoms with Crippen LogP contribution in [0.25, 0.3) is 0 Å². The number of esters is 1. The first-order valence-corrected chi connectivity index (χ1v) is 7.37. The van der Waals surface area contributed by atoms with Gasteiger partial charge < -0.3 is 15.4 Å². The van der Waals surface area contributed by atoms with E-state index >= 15 is 0 Å². The van der Waals surface area contributed by atoms with E-state index in [0.717, 1.165) is 23.5 Å². The number of carbonyl (C=O) groups is 3. The second kappa shape index (κ2) is 7.59. The van der Waals surface area contributed by atoms with Crippen molar-refractivity contribution < 1.29 is 27.9 Å². The molecule has 2 rings (SSSR count). The highest BCUT2D eigenvalue weighted by molar-refractivity contribution is 7.14. The molecule has 0 bridgehead atoms. The number of nitrogens with zero attached hydrogens (tertiary/aromatic N) is 1. The lowest BCUT2D eigenvalue weighted by molar-refractivity contribution is -0.119. The number of aromatic nitrogens is 1. The van der Waals surface area contributed by atoms with Gasteiger partial charge in [-0.3, -0.25) is 9.59 Å². The SMILES string of the molecule is CC(=O)Nc1nc(C(=O)OCC(=O)Nc2cc(F)cc(F)c2)cs1. The monoisotopic (exact) mass is 355 g/mol. The normalized spacial score (nSPS) is 10.1. The van der Waals surface area contributed by atoms with Gasteiger partial charge in [-0.05, 0) is 12.1 Å². The summed E-state index contributed by atoms with van der Waals surface area (Å²) in [6.45, 7) is 0.628. The number of hydrogen-bond donors (Lipinski definition) is 2. The molecule has 7 nitrogen and oxygen atoms in total. The number of hydrogen-bond acceptors (Lipinski definition) is 6. The molecule has 10 heteroatoms. The van der Waals surface area contributed by atoms with Gasteiger partial charge in [-0.1, -0.05) is 0 Å². The zero-order valence-electron chi connectivity index (χ0n) is 12.3. The lowest BCUT2D eigenvalue weighted by atomic mass is 10.3. The predicted octanol–water partition coefficient (Wildman–Crippen LogP) is 2.18. The fraction of sp³-hybridized carbons (Fsp3) is 0.143. The van der Waals surface area contributed by atoms with E-state index in [2.05, 4.69) is 15.6 Å². The van der Waals surface area contributed by atoms with Crippen LogP contribution in [-0.4, -0.2) is 29.4 Å². The highest BCUT2D eigenvalue weighted by Gasteiger charge is 2.15. The number of benzene rings is 1. The summed E-state index contributed by atoms with van der Waals surface area (Å²) in [6, 6.07) is 2.50. The van der Waals surface area contributed by atoms with Gasteiger partial charge in [-0.15, -0.1) is 11.3 Å². The summed E-state index contributed by atoms with van der Waals surface area (Å²) in [5.41, 5.74) is -0.177. The summed E-state index contributed by atoms with van der Waals surface area (Å²) >= 11 is 1.02. The van der Waals surface area contributed by atoms with E-state index in [0.29, 0.717) is 6.07 Å². The molecule has 2 aromatic rings. The summed E-state index contributed by atoms with van der Waals surface area (Å²) in [5, 5.41) is 6.16. The van der Waals surface area contributed by atoms with Crippen molar-refractivity contribution in [2.24, 2.45) is 0 Å². The van der Waals surface area contributed by atoms with E-state index in [1.165, 1.54) is 12.3 Å². The Morgan fingerprint density at radius 2 is 1.83 bits per heavy atom. The van der Waals surface area contributed by atoms with Crippen molar-refractivity contribution in [1.29, 1.82) is 0 Å². The first kappa shape index (κ1) is 17.5. The summed E-state index contributed by atoms with van der Waals surface area (Å²) in [6.07, 6.45) is 0. The Hall–Kier alpha value is -2.88. The molecule has 0 saturated carbocycles. The second-order valence-corrected chi connectivity index (χ2v) is 5.36. The standard InChI is InChI=1S/C14H11F2N3O4S/c1-7(20)17-14-19-11(6-24-14)13(22)23-5-12(21)18-10-3-8(15)2-9(16)4-10/h2-4,6H,5H2,1H3,(H,18,21)(H,17,19,20). The van der Waals surface area contributed by atoms with Gasteiger partial charge in [0.15, 0.2) is 17.4 Å². The Bertz CT molecular complexity index is 774. The minimum Gasteiger partial charge on any atom is -0.451 e. The molecule has 126 valence electrons. The molecular weight excluding hydrogens is 344 g/mol. The lowest BCUT2D eigenvalue weighted by Gasteiger charge is -2.06. The Kier molecular flexibility index (Phi) is 5.53. The first-order chi connectivity index (χ1) is 11.3. The number of rotatable bonds is 5. The van der Waals surface area contributed by atoms with Crippen LogP contribution in [0.3, 0.4) is 0 Å². The van der Waals surface area contributed by atoms with Gasteiger partial charge in [0.1, 0.15) is 11.6 Å². The average Bonchev–Trinajstić information content (AvgIpc) is 2.91. The molecule has 0 radical (unpaired) electrons. The Labute approximate surface area is 138 Å². The molecule has 24 heavy (non-hydrogen) atoms. The topological polar surface area (TPSA) is 97.4 Å². The van der Waals surface area contributed by atoms with Crippen molar-refractivity contribution in [3.8, 4) is 0 Å². The number of amides is 2. The highest BCUT2D eigenvalue weighted by Crippen LogP contribution is 2.16. The third-order valence-corrected chi connectivity index (χ3v) is 3.23. The first-order valence-electron chi connectivity index (χ1n) is 6.49. The quantitative estimate of drug-likeness (QED) is 0.801. The van der Waals surface area contributed by atoms with Crippen LogP contribution in [0.15, 0.2) is 23.6 Å². The van der Waals surface area contributed by atoms with Crippen molar-refractivity contribution in [2.45, 2.75) is 6.92 Å². The van der Waals surface area contributed by atoms with E-state index in [9.17, 15) is 23.2 Å². The van der Waals surface area contributed by atoms with Gasteiger partial charge in [-0.25, -0.2) is 18.6 Å². The molecule has 0 aliphatic heterocycles. The Morgan fingerprint density at radius 1 is 1.17 bits per heavy atom. The van der Waals surface area contributed by atoms with Gasteiger partial charge in [0.2, 0.25) is 5.91 Å². The van der Waals surface area contributed by atoms with Gasteiger partial charge in [0.25, 0.3) is 5.91 Å². The summed E-state index contributed by atoms with van der Waals surface area (Å²) in [4.78, 5) is 38.0. The smallest absolute Gasteiger partial charge is 0.358 e. The van der Waals surface area contributed by atoms with E-state index in [1.807, 2.05) is 0 Å². The van der Waals surface area contributed by atoms with Crippen LogP contribution in [0.2, 0.25) is 0 Å². The maximum Gasteiger partial charge on any atom is 0.358 e. The van der Waals surface area contributed by atoms with Crippen molar-refractivity contribution in [2.75, 3.05) is 17.2 Å². The zero-order valence-corrected chi connectivity index (χ0v) is 13.1. The van der Waals surface area contributed by atoms with Crippen LogP contribution in [0.1, 0.15) is 17.4 Å². The van der Waals surface area contributed by atoms with E-state index < -0.39 is 30.1 Å². The molecule has 0 saturated heterocycles. The summed E-state index contributed by atoms with van der Waals surface area (Å²) in [7, 11) is 0. The Balaban J connectivity index is 1.87. The Morgan fingerprint density at radius 3 is 2.46 bits per heavy atom. The van der Waals surface area contributed by atoms with Crippen LogP contribution in [0.4, 0.5) is 19.6 Å². The van der Waals surface area contributed by atoms with Gasteiger partial charge in [0, 0.05) is 24.1 Å². The molecular formula is C14H11F2N3O4S.